The maximum Gasteiger partial charge on any atom is 0.211 e. The molecule has 0 fully saturated rings. The zero-order valence-electron chi connectivity index (χ0n) is 7.00. The molecule has 0 atom stereocenters. The van der Waals surface area contributed by atoms with E-state index in [1.54, 1.807) is 25.1 Å². The lowest BCUT2D eigenvalue weighted by Gasteiger charge is -1.99. The van der Waals surface area contributed by atoms with E-state index < -0.39 is 0 Å². The smallest absolute Gasteiger partial charge is 0.211 e. The number of hydrogen-bond donors (Lipinski definition) is 0. The average molecular weight is 195 g/mol. The van der Waals surface area contributed by atoms with Crippen molar-refractivity contribution in [1.82, 2.24) is 0 Å². The van der Waals surface area contributed by atoms with Crippen LogP contribution in [0.4, 0.5) is 0 Å². The lowest BCUT2D eigenvalue weighted by Crippen LogP contribution is -2.03. The third-order valence-electron chi connectivity index (χ3n) is 1.90. The van der Waals surface area contributed by atoms with Crippen molar-refractivity contribution < 1.29 is 4.42 Å². The summed E-state index contributed by atoms with van der Waals surface area (Å²) in [4.78, 5) is 11.6. The third-order valence-corrected chi connectivity index (χ3v) is 2.34. The summed E-state index contributed by atoms with van der Waals surface area (Å²) in [5.74, 6) is 0.463. The van der Waals surface area contributed by atoms with Gasteiger partial charge in [-0.15, -0.1) is 0 Å². The predicted octanol–water partition coefficient (Wildman–Crippen LogP) is 2.75. The molecule has 0 amide bonds. The highest BCUT2D eigenvalue weighted by Gasteiger charge is 2.07. The van der Waals surface area contributed by atoms with Gasteiger partial charge in [0, 0.05) is 0 Å². The first-order chi connectivity index (χ1) is 6.20. The normalized spacial score (nSPS) is 10.6. The Hall–Kier alpha value is -1.28. The molecule has 2 nitrogen and oxygen atoms in total. The summed E-state index contributed by atoms with van der Waals surface area (Å²) >= 11 is 5.75. The Morgan fingerprint density at radius 2 is 2.00 bits per heavy atom. The minimum atomic E-state index is -0.166. The van der Waals surface area contributed by atoms with Gasteiger partial charge in [0.25, 0.3) is 0 Å². The average Bonchev–Trinajstić information content (AvgIpc) is 2.15. The molecule has 0 aliphatic heterocycles. The van der Waals surface area contributed by atoms with Crippen LogP contribution in [-0.2, 0) is 0 Å². The summed E-state index contributed by atoms with van der Waals surface area (Å²) in [6, 6.07) is 7.05. The van der Waals surface area contributed by atoms with Crippen molar-refractivity contribution in [3.05, 3.63) is 45.3 Å². The molecule has 13 heavy (non-hydrogen) atoms. The van der Waals surface area contributed by atoms with Gasteiger partial charge in [0.15, 0.2) is 0 Å². The molecule has 3 heteroatoms. The fraction of sp³-hybridized carbons (Fsp3) is 0.100. The Morgan fingerprint density at radius 3 is 2.77 bits per heavy atom. The quantitative estimate of drug-likeness (QED) is 0.646. The van der Waals surface area contributed by atoms with Gasteiger partial charge in [0.2, 0.25) is 5.43 Å². The molecule has 0 bridgehead atoms. The van der Waals surface area contributed by atoms with E-state index in [9.17, 15) is 4.79 Å². The number of aryl methyl sites for hydroxylation is 1. The number of rotatable bonds is 0. The van der Waals surface area contributed by atoms with Crippen molar-refractivity contribution in [2.45, 2.75) is 6.92 Å². The molecule has 1 aromatic carbocycles. The number of hydrogen-bond acceptors (Lipinski definition) is 2. The van der Waals surface area contributed by atoms with E-state index in [-0.39, 0.29) is 10.5 Å². The van der Waals surface area contributed by atoms with E-state index in [4.69, 9.17) is 16.0 Å². The summed E-state index contributed by atoms with van der Waals surface area (Å²) in [5.41, 5.74) is 0.412. The van der Waals surface area contributed by atoms with Gasteiger partial charge >= 0.3 is 0 Å². The van der Waals surface area contributed by atoms with Crippen LogP contribution in [0.2, 0.25) is 5.02 Å². The fourth-order valence-electron chi connectivity index (χ4n) is 1.23. The van der Waals surface area contributed by atoms with Crippen LogP contribution in [0.1, 0.15) is 5.76 Å². The van der Waals surface area contributed by atoms with Crippen molar-refractivity contribution in [3.8, 4) is 0 Å². The number of halogens is 1. The van der Waals surface area contributed by atoms with E-state index >= 15 is 0 Å². The van der Waals surface area contributed by atoms with E-state index in [1.165, 1.54) is 0 Å². The molecule has 0 N–H and O–H groups in total. The van der Waals surface area contributed by atoms with Crippen LogP contribution in [0.3, 0.4) is 0 Å². The molecule has 0 saturated carbocycles. The molecular formula is C10H7ClO2. The van der Waals surface area contributed by atoms with Gasteiger partial charge in [-0.2, -0.15) is 0 Å². The molecule has 2 aromatic rings. The Labute approximate surface area is 79.7 Å². The molecule has 0 aliphatic carbocycles. The minimum absolute atomic E-state index is 0.165. The van der Waals surface area contributed by atoms with Gasteiger partial charge in [0.05, 0.1) is 5.39 Å². The molecule has 2 rings (SSSR count). The van der Waals surface area contributed by atoms with Crippen molar-refractivity contribution in [2.24, 2.45) is 0 Å². The van der Waals surface area contributed by atoms with Gasteiger partial charge in [-0.25, -0.2) is 0 Å². The monoisotopic (exact) mass is 194 g/mol. The van der Waals surface area contributed by atoms with Crippen LogP contribution in [0.15, 0.2) is 33.5 Å². The Morgan fingerprint density at radius 1 is 1.31 bits per heavy atom. The van der Waals surface area contributed by atoms with Crippen LogP contribution in [0.25, 0.3) is 11.0 Å². The molecule has 0 aliphatic rings. The van der Waals surface area contributed by atoms with Gasteiger partial charge in [-0.1, -0.05) is 23.7 Å². The lowest BCUT2D eigenvalue weighted by atomic mass is 10.2. The Kier molecular flexibility index (Phi) is 1.85. The minimum Gasteiger partial charge on any atom is -0.460 e. The van der Waals surface area contributed by atoms with E-state index in [2.05, 4.69) is 0 Å². The second kappa shape index (κ2) is 2.89. The molecule has 0 radical (unpaired) electrons. The summed E-state index contributed by atoms with van der Waals surface area (Å²) < 4.78 is 5.34. The highest BCUT2D eigenvalue weighted by Crippen LogP contribution is 2.17. The zero-order chi connectivity index (χ0) is 9.42. The van der Waals surface area contributed by atoms with E-state index in [1.807, 2.05) is 6.07 Å². The first-order valence-corrected chi connectivity index (χ1v) is 4.26. The second-order valence-corrected chi connectivity index (χ2v) is 3.18. The molecule has 1 aromatic heterocycles. The van der Waals surface area contributed by atoms with Crippen molar-refractivity contribution in [1.29, 1.82) is 0 Å². The number of para-hydroxylation sites is 1. The van der Waals surface area contributed by atoms with Crippen LogP contribution >= 0.6 is 11.6 Å². The molecule has 0 unspecified atom stereocenters. The summed E-state index contributed by atoms with van der Waals surface area (Å²) in [6.45, 7) is 1.68. The van der Waals surface area contributed by atoms with Crippen molar-refractivity contribution in [3.63, 3.8) is 0 Å². The van der Waals surface area contributed by atoms with Crippen LogP contribution in [-0.4, -0.2) is 0 Å². The molecule has 1 heterocycles. The molecule has 0 saturated heterocycles. The van der Waals surface area contributed by atoms with Gasteiger partial charge in [-0.05, 0) is 19.1 Å². The van der Waals surface area contributed by atoms with Crippen molar-refractivity contribution in [2.75, 3.05) is 0 Å². The number of benzene rings is 1. The summed E-state index contributed by atoms with van der Waals surface area (Å²) in [6.07, 6.45) is 0. The predicted molar refractivity (Wildman–Crippen MR) is 52.2 cm³/mol. The van der Waals surface area contributed by atoms with E-state index in [0.717, 1.165) is 0 Å². The van der Waals surface area contributed by atoms with E-state index in [0.29, 0.717) is 16.7 Å². The fourth-order valence-corrected chi connectivity index (χ4v) is 1.37. The summed E-state index contributed by atoms with van der Waals surface area (Å²) in [7, 11) is 0. The van der Waals surface area contributed by atoms with Gasteiger partial charge < -0.3 is 4.42 Å². The van der Waals surface area contributed by atoms with Crippen LogP contribution < -0.4 is 5.43 Å². The molecule has 0 spiro atoms. The second-order valence-electron chi connectivity index (χ2n) is 2.80. The first kappa shape index (κ1) is 8.32. The van der Waals surface area contributed by atoms with Gasteiger partial charge in [0.1, 0.15) is 16.4 Å². The Balaban J connectivity index is 3.03. The first-order valence-electron chi connectivity index (χ1n) is 3.88. The zero-order valence-corrected chi connectivity index (χ0v) is 7.76. The standard InChI is InChI=1S/C10H7ClO2/c1-6-9(11)10(12)7-4-2-3-5-8(7)13-6/h2-5H,1H3. The third kappa shape index (κ3) is 1.23. The summed E-state index contributed by atoms with van der Waals surface area (Å²) in [5, 5.41) is 0.691. The van der Waals surface area contributed by atoms with Crippen LogP contribution in [0, 0.1) is 6.92 Å². The highest BCUT2D eigenvalue weighted by molar-refractivity contribution is 6.31. The lowest BCUT2D eigenvalue weighted by molar-refractivity contribution is 0.565. The van der Waals surface area contributed by atoms with Gasteiger partial charge in [-0.3, -0.25) is 4.79 Å². The molecular weight excluding hydrogens is 188 g/mol. The highest BCUT2D eigenvalue weighted by atomic mass is 35.5. The Bertz CT molecular complexity index is 514. The van der Waals surface area contributed by atoms with Crippen LogP contribution in [0.5, 0.6) is 0 Å². The maximum absolute atomic E-state index is 11.6. The topological polar surface area (TPSA) is 30.2 Å². The number of fused-ring (bicyclic) bond motifs is 1. The SMILES string of the molecule is Cc1oc2ccccc2c(=O)c1Cl. The van der Waals surface area contributed by atoms with Crippen molar-refractivity contribution >= 4 is 22.6 Å². The maximum atomic E-state index is 11.6. The molecule has 66 valence electrons. The largest absolute Gasteiger partial charge is 0.460 e.